The van der Waals surface area contributed by atoms with Gasteiger partial charge in [-0.3, -0.25) is 0 Å². The zero-order chi connectivity index (χ0) is 29.5. The highest BCUT2D eigenvalue weighted by molar-refractivity contribution is 6.58. The Morgan fingerprint density at radius 2 is 0.511 bits per heavy atom. The first-order valence-electron chi connectivity index (χ1n) is 15.2. The number of fused-ring (bicyclic) bond motifs is 14. The molecule has 2 aliphatic rings. The third kappa shape index (κ3) is 3.66. The van der Waals surface area contributed by atoms with E-state index in [-0.39, 0.29) is 0 Å². The van der Waals surface area contributed by atoms with Gasteiger partial charge in [0.25, 0.3) is 0 Å². The van der Waals surface area contributed by atoms with Gasteiger partial charge in [0.2, 0.25) is 0 Å². The lowest BCUT2D eigenvalue weighted by molar-refractivity contribution is 0.167. The van der Waals surface area contributed by atoms with Crippen LogP contribution in [0.4, 0.5) is 0 Å². The summed E-state index contributed by atoms with van der Waals surface area (Å²) in [5, 5.41) is 8.81. The van der Waals surface area contributed by atoms with Crippen molar-refractivity contribution in [2.24, 2.45) is 0 Å². The van der Waals surface area contributed by atoms with E-state index in [1.807, 2.05) is 24.3 Å². The highest BCUT2D eigenvalue weighted by Crippen LogP contribution is 2.53. The Labute approximate surface area is 262 Å². The van der Waals surface area contributed by atoms with E-state index in [9.17, 15) is 0 Å². The van der Waals surface area contributed by atoms with Crippen molar-refractivity contribution in [1.82, 2.24) is 0 Å². The van der Waals surface area contributed by atoms with Gasteiger partial charge in [0.1, 0.15) is 0 Å². The molecule has 0 aliphatic carbocycles. The zero-order valence-corrected chi connectivity index (χ0v) is 25.2. The van der Waals surface area contributed by atoms with Crippen LogP contribution in [0.2, 0.25) is 0 Å². The molecule has 8 aromatic rings. The molecule has 0 radical (unpaired) electrons. The summed E-state index contributed by atoms with van der Waals surface area (Å²) < 4.78 is 28.2. The summed E-state index contributed by atoms with van der Waals surface area (Å²) in [5.41, 5.74) is 3.91. The van der Waals surface area contributed by atoms with Gasteiger partial charge in [-0.05, 0) is 67.4 Å². The summed E-state index contributed by atoms with van der Waals surface area (Å²) in [4.78, 5) is 0. The summed E-state index contributed by atoms with van der Waals surface area (Å²) in [5.74, 6) is 2.72. The van der Waals surface area contributed by atoms with Gasteiger partial charge in [-0.1, -0.05) is 121 Å². The largest absolute Gasteiger partial charge is 1.21 e. The van der Waals surface area contributed by atoms with Crippen molar-refractivity contribution in [3.63, 3.8) is 0 Å². The summed E-state index contributed by atoms with van der Waals surface area (Å²) in [7, 11) is 0. The standard InChI is InChI=1S/2C20H14O2.Al/c2*21-17-11-9-13-5-1-3-7-15(13)19(17)20-16-8-4-2-6-14(16)10-12-18(20)22;/h2*1-12,21-22H;/q;;+3/p-4. The minimum atomic E-state index is -4.44. The van der Waals surface area contributed by atoms with Crippen LogP contribution in [0.15, 0.2) is 146 Å². The predicted molar refractivity (Wildman–Crippen MR) is 182 cm³/mol. The Morgan fingerprint density at radius 1 is 0.267 bits per heavy atom. The van der Waals surface area contributed by atoms with Crippen LogP contribution in [0.25, 0.3) is 65.3 Å². The summed E-state index contributed by atoms with van der Waals surface area (Å²) in [6.45, 7) is 0. The molecule has 0 bridgehead atoms. The average molecular weight is 596 g/mol. The Bertz CT molecular complexity index is 2170. The Morgan fingerprint density at radius 3 is 0.778 bits per heavy atom. The molecule has 0 N–H and O–H groups in total. The minimum absolute atomic E-state index is 0.681. The maximum absolute atomic E-state index is 7.04. The molecule has 2 aliphatic heterocycles. The van der Waals surface area contributed by atoms with Crippen LogP contribution in [0.3, 0.4) is 0 Å². The normalized spacial score (nSPS) is 14.2. The van der Waals surface area contributed by atoms with Gasteiger partial charge in [0, 0.05) is 22.3 Å². The molecule has 0 fully saturated rings. The van der Waals surface area contributed by atoms with Crippen molar-refractivity contribution < 1.29 is 15.2 Å². The Kier molecular flexibility index (Phi) is 5.13. The second-order valence-electron chi connectivity index (χ2n) is 11.7. The molecule has 0 saturated heterocycles. The summed E-state index contributed by atoms with van der Waals surface area (Å²) >= 11 is -4.44. The summed E-state index contributed by atoms with van der Waals surface area (Å²) in [6, 6.07) is 50.1. The second kappa shape index (κ2) is 9.27. The molecule has 0 atom stereocenters. The minimum Gasteiger partial charge on any atom is -0.696 e. The quantitative estimate of drug-likeness (QED) is 0.164. The van der Waals surface area contributed by atoms with Gasteiger partial charge >= 0.3 is 14.4 Å². The van der Waals surface area contributed by atoms with Gasteiger partial charge < -0.3 is 15.2 Å². The van der Waals surface area contributed by atoms with E-state index in [0.29, 0.717) is 23.0 Å². The SMILES string of the molecule is c1ccc2c3c(ccc2c1)[O][Al-]1([O]c2ccc4ccccc4c2-3)[O]c2ccc3ccccc3c2-c2c(ccc3ccccc23)[O]1. The van der Waals surface area contributed by atoms with E-state index < -0.39 is 14.4 Å². The van der Waals surface area contributed by atoms with Gasteiger partial charge in [0.15, 0.2) is 0 Å². The molecule has 10 rings (SSSR count). The van der Waals surface area contributed by atoms with Crippen LogP contribution in [-0.2, 0) is 0 Å². The van der Waals surface area contributed by atoms with Crippen LogP contribution in [0, 0.1) is 0 Å². The van der Waals surface area contributed by atoms with Crippen molar-refractivity contribution in [1.29, 1.82) is 0 Å². The van der Waals surface area contributed by atoms with Crippen molar-refractivity contribution >= 4 is 57.5 Å². The Hall–Kier alpha value is -5.47. The topological polar surface area (TPSA) is 36.9 Å². The van der Waals surface area contributed by atoms with E-state index in [1.54, 1.807) is 0 Å². The zero-order valence-electron chi connectivity index (χ0n) is 24.1. The molecule has 0 saturated carbocycles. The molecule has 8 aromatic carbocycles. The van der Waals surface area contributed by atoms with Crippen LogP contribution >= 0.6 is 0 Å². The molecule has 45 heavy (non-hydrogen) atoms. The number of benzene rings is 8. The van der Waals surface area contributed by atoms with E-state index in [0.717, 1.165) is 65.3 Å². The highest BCUT2D eigenvalue weighted by Gasteiger charge is 2.66. The lowest BCUT2D eigenvalue weighted by Crippen LogP contribution is -2.60. The third-order valence-corrected chi connectivity index (χ3v) is 11.3. The Balaban J connectivity index is 1.30. The molecular weight excluding hydrogens is 571 g/mol. The maximum Gasteiger partial charge on any atom is 1.21 e. The second-order valence-corrected chi connectivity index (χ2v) is 13.8. The molecule has 4 nitrogen and oxygen atoms in total. The molecular formula is C40H24AlO4-. The fourth-order valence-corrected chi connectivity index (χ4v) is 9.52. The first-order chi connectivity index (χ1) is 22.2. The molecule has 2 heterocycles. The maximum atomic E-state index is 7.04. The molecule has 5 heteroatoms. The van der Waals surface area contributed by atoms with E-state index >= 15 is 0 Å². The molecule has 0 aromatic heterocycles. The average Bonchev–Trinajstić information content (AvgIpc) is 3.32. The fourth-order valence-electron chi connectivity index (χ4n) is 7.20. The van der Waals surface area contributed by atoms with Gasteiger partial charge in [-0.15, -0.1) is 0 Å². The van der Waals surface area contributed by atoms with Crippen LogP contribution < -0.4 is 15.2 Å². The smallest absolute Gasteiger partial charge is 0.696 e. The lowest BCUT2D eigenvalue weighted by atomic mass is 9.92. The van der Waals surface area contributed by atoms with E-state index in [4.69, 9.17) is 15.2 Å². The van der Waals surface area contributed by atoms with Crippen molar-refractivity contribution in [3.8, 4) is 45.3 Å². The molecule has 1 spiro atoms. The predicted octanol–water partition coefficient (Wildman–Crippen LogP) is 10.3. The number of hydrogen-bond acceptors (Lipinski definition) is 4. The van der Waals surface area contributed by atoms with Crippen molar-refractivity contribution in [3.05, 3.63) is 146 Å². The fraction of sp³-hybridized carbons (Fsp3) is 0. The number of rotatable bonds is 0. The van der Waals surface area contributed by atoms with E-state index in [1.165, 1.54) is 0 Å². The molecule has 0 amide bonds. The van der Waals surface area contributed by atoms with Crippen molar-refractivity contribution in [2.75, 3.05) is 0 Å². The van der Waals surface area contributed by atoms with Crippen LogP contribution in [0.1, 0.15) is 0 Å². The van der Waals surface area contributed by atoms with Crippen LogP contribution in [0.5, 0.6) is 23.0 Å². The van der Waals surface area contributed by atoms with Crippen molar-refractivity contribution in [2.45, 2.75) is 0 Å². The third-order valence-electron chi connectivity index (χ3n) is 9.15. The first-order valence-corrected chi connectivity index (χ1v) is 17.1. The van der Waals surface area contributed by atoms with Gasteiger partial charge in [-0.25, -0.2) is 0 Å². The van der Waals surface area contributed by atoms with Gasteiger partial charge in [-0.2, -0.15) is 0 Å². The summed E-state index contributed by atoms with van der Waals surface area (Å²) in [6.07, 6.45) is 0. The lowest BCUT2D eigenvalue weighted by Gasteiger charge is -2.36. The van der Waals surface area contributed by atoms with Crippen LogP contribution in [-0.4, -0.2) is 14.4 Å². The highest BCUT2D eigenvalue weighted by atomic mass is 27.3. The monoisotopic (exact) mass is 595 g/mol. The molecule has 212 valence electrons. The van der Waals surface area contributed by atoms with E-state index in [2.05, 4.69) is 121 Å². The number of hydrogen-bond donors (Lipinski definition) is 0. The first kappa shape index (κ1) is 24.9. The van der Waals surface area contributed by atoms with Gasteiger partial charge in [0.05, 0.1) is 23.0 Å². The molecule has 0 unspecified atom stereocenters.